The van der Waals surface area contributed by atoms with Crippen molar-refractivity contribution in [3.63, 3.8) is 0 Å². The third-order valence-electron chi connectivity index (χ3n) is 4.19. The Morgan fingerprint density at radius 1 is 1.38 bits per heavy atom. The zero-order chi connectivity index (χ0) is 15.2. The summed E-state index contributed by atoms with van der Waals surface area (Å²) >= 11 is 0. The molecule has 21 heavy (non-hydrogen) atoms. The second-order valence-electron chi connectivity index (χ2n) is 5.87. The molecule has 116 valence electrons. The molecule has 0 aromatic heterocycles. The normalized spacial score (nSPS) is 17.0. The Hall–Kier alpha value is -1.46. The monoisotopic (exact) mass is 291 g/mol. The van der Waals surface area contributed by atoms with E-state index < -0.39 is 0 Å². The minimum absolute atomic E-state index is 0.215. The highest BCUT2D eigenvalue weighted by atomic mass is 16.6. The molecule has 0 radical (unpaired) electrons. The van der Waals surface area contributed by atoms with Crippen LogP contribution in [-0.2, 0) is 6.54 Å². The van der Waals surface area contributed by atoms with Crippen molar-refractivity contribution in [2.75, 3.05) is 19.6 Å². The number of hydrogen-bond acceptors (Lipinski definition) is 4. The predicted octanol–water partition coefficient (Wildman–Crippen LogP) is 2.87. The molecule has 1 aliphatic heterocycles. The highest BCUT2D eigenvalue weighted by molar-refractivity contribution is 5.42. The molecule has 0 spiro atoms. The fourth-order valence-corrected chi connectivity index (χ4v) is 2.90. The van der Waals surface area contributed by atoms with Crippen LogP contribution in [0.2, 0.25) is 0 Å². The average Bonchev–Trinajstić information content (AvgIpc) is 2.48. The zero-order valence-electron chi connectivity index (χ0n) is 13.0. The van der Waals surface area contributed by atoms with Crippen LogP contribution < -0.4 is 5.32 Å². The fourth-order valence-electron chi connectivity index (χ4n) is 2.90. The lowest BCUT2D eigenvalue weighted by molar-refractivity contribution is -0.385. The molecule has 1 fully saturated rings. The molecule has 5 heteroatoms. The Morgan fingerprint density at radius 3 is 2.71 bits per heavy atom. The van der Waals surface area contributed by atoms with E-state index in [1.807, 2.05) is 12.1 Å². The van der Waals surface area contributed by atoms with Crippen LogP contribution in [0.3, 0.4) is 0 Å². The van der Waals surface area contributed by atoms with Gasteiger partial charge in [-0.1, -0.05) is 19.1 Å². The maximum Gasteiger partial charge on any atom is 0.272 e. The number of rotatable bonds is 6. The molecule has 0 unspecified atom stereocenters. The van der Waals surface area contributed by atoms with Crippen LogP contribution in [0.15, 0.2) is 18.2 Å². The van der Waals surface area contributed by atoms with E-state index in [2.05, 4.69) is 17.1 Å². The van der Waals surface area contributed by atoms with Crippen molar-refractivity contribution in [2.24, 2.45) is 0 Å². The minimum Gasteiger partial charge on any atom is -0.310 e. The van der Waals surface area contributed by atoms with E-state index in [9.17, 15) is 10.1 Å². The van der Waals surface area contributed by atoms with Gasteiger partial charge in [0.1, 0.15) is 0 Å². The van der Waals surface area contributed by atoms with Crippen molar-refractivity contribution >= 4 is 5.69 Å². The lowest BCUT2D eigenvalue weighted by Crippen LogP contribution is -2.42. The second kappa shape index (κ2) is 7.52. The molecular formula is C16H25N3O2. The van der Waals surface area contributed by atoms with Crippen LogP contribution in [0.25, 0.3) is 0 Å². The molecule has 5 nitrogen and oxygen atoms in total. The van der Waals surface area contributed by atoms with Crippen molar-refractivity contribution in [3.05, 3.63) is 39.4 Å². The van der Waals surface area contributed by atoms with E-state index in [1.54, 1.807) is 13.0 Å². The van der Waals surface area contributed by atoms with Gasteiger partial charge in [0, 0.05) is 24.2 Å². The number of hydrogen-bond donors (Lipinski definition) is 1. The van der Waals surface area contributed by atoms with Gasteiger partial charge in [-0.15, -0.1) is 0 Å². The van der Waals surface area contributed by atoms with E-state index in [-0.39, 0.29) is 10.6 Å². The van der Waals surface area contributed by atoms with Crippen LogP contribution in [0, 0.1) is 17.0 Å². The Kier molecular flexibility index (Phi) is 5.70. The summed E-state index contributed by atoms with van der Waals surface area (Å²) in [6.07, 6.45) is 3.53. The van der Waals surface area contributed by atoms with Crippen molar-refractivity contribution in [3.8, 4) is 0 Å². The van der Waals surface area contributed by atoms with Gasteiger partial charge in [-0.2, -0.15) is 0 Å². The molecular weight excluding hydrogens is 266 g/mol. The third kappa shape index (κ3) is 4.51. The Morgan fingerprint density at radius 2 is 2.10 bits per heavy atom. The predicted molar refractivity (Wildman–Crippen MR) is 84.4 cm³/mol. The van der Waals surface area contributed by atoms with E-state index in [0.29, 0.717) is 12.6 Å². The summed E-state index contributed by atoms with van der Waals surface area (Å²) in [4.78, 5) is 13.2. The summed E-state index contributed by atoms with van der Waals surface area (Å²) in [6, 6.07) is 6.02. The summed E-state index contributed by atoms with van der Waals surface area (Å²) in [5.74, 6) is 0. The van der Waals surface area contributed by atoms with Crippen molar-refractivity contribution in [1.29, 1.82) is 0 Å². The first kappa shape index (κ1) is 15.9. The van der Waals surface area contributed by atoms with Crippen molar-refractivity contribution in [2.45, 2.75) is 45.7 Å². The van der Waals surface area contributed by atoms with Gasteiger partial charge in [-0.25, -0.2) is 0 Å². The minimum atomic E-state index is -0.304. The van der Waals surface area contributed by atoms with Gasteiger partial charge in [0.05, 0.1) is 4.92 Å². The van der Waals surface area contributed by atoms with Crippen LogP contribution in [-0.4, -0.2) is 35.5 Å². The highest BCUT2D eigenvalue weighted by Gasteiger charge is 2.18. The van der Waals surface area contributed by atoms with Crippen molar-refractivity contribution < 1.29 is 4.92 Å². The maximum absolute atomic E-state index is 11.0. The third-order valence-corrected chi connectivity index (χ3v) is 4.19. The number of nitro benzene ring substituents is 1. The molecule has 1 N–H and O–H groups in total. The smallest absolute Gasteiger partial charge is 0.272 e. The molecule has 1 aromatic carbocycles. The summed E-state index contributed by atoms with van der Waals surface area (Å²) in [6.45, 7) is 8.20. The van der Waals surface area contributed by atoms with Gasteiger partial charge < -0.3 is 10.2 Å². The zero-order valence-corrected chi connectivity index (χ0v) is 13.0. The van der Waals surface area contributed by atoms with Gasteiger partial charge in [-0.3, -0.25) is 10.1 Å². The summed E-state index contributed by atoms with van der Waals surface area (Å²) < 4.78 is 0. The first-order valence-corrected chi connectivity index (χ1v) is 7.79. The standard InChI is InChI=1S/C16H25N3O2/c1-3-8-18-9-6-15(7-10-18)17-12-14-5-4-13(2)16(11-14)19(20)21/h4-5,11,15,17H,3,6-10,12H2,1-2H3. The van der Waals surface area contributed by atoms with Crippen LogP contribution in [0.1, 0.15) is 37.3 Å². The van der Waals surface area contributed by atoms with Gasteiger partial charge in [0.2, 0.25) is 0 Å². The quantitative estimate of drug-likeness (QED) is 0.647. The molecule has 0 bridgehead atoms. The number of nitrogens with zero attached hydrogens (tertiary/aromatic N) is 2. The highest BCUT2D eigenvalue weighted by Crippen LogP contribution is 2.19. The summed E-state index contributed by atoms with van der Waals surface area (Å²) in [5, 5.41) is 14.5. The van der Waals surface area contributed by atoms with E-state index in [4.69, 9.17) is 0 Å². The van der Waals surface area contributed by atoms with Crippen LogP contribution in [0.4, 0.5) is 5.69 Å². The molecule has 1 saturated heterocycles. The summed E-state index contributed by atoms with van der Waals surface area (Å²) in [7, 11) is 0. The first-order valence-electron chi connectivity index (χ1n) is 7.79. The number of nitrogens with one attached hydrogen (secondary N) is 1. The topological polar surface area (TPSA) is 58.4 Å². The van der Waals surface area contributed by atoms with E-state index in [0.717, 1.165) is 37.1 Å². The Labute approximate surface area is 126 Å². The second-order valence-corrected chi connectivity index (χ2v) is 5.87. The van der Waals surface area contributed by atoms with Gasteiger partial charge >= 0.3 is 0 Å². The number of piperidine rings is 1. The van der Waals surface area contributed by atoms with Gasteiger partial charge in [0.15, 0.2) is 0 Å². The number of benzene rings is 1. The lowest BCUT2D eigenvalue weighted by Gasteiger charge is -2.32. The SMILES string of the molecule is CCCN1CCC(NCc2ccc(C)c([N+](=O)[O-])c2)CC1. The lowest BCUT2D eigenvalue weighted by atomic mass is 10.0. The number of aryl methyl sites for hydroxylation is 1. The largest absolute Gasteiger partial charge is 0.310 e. The molecule has 1 aliphatic rings. The van der Waals surface area contributed by atoms with Crippen LogP contribution in [0.5, 0.6) is 0 Å². The number of nitro groups is 1. The van der Waals surface area contributed by atoms with Crippen molar-refractivity contribution in [1.82, 2.24) is 10.2 Å². The molecule has 2 rings (SSSR count). The Balaban J connectivity index is 1.84. The van der Waals surface area contributed by atoms with E-state index >= 15 is 0 Å². The number of likely N-dealkylation sites (tertiary alicyclic amines) is 1. The van der Waals surface area contributed by atoms with Gasteiger partial charge in [-0.05, 0) is 51.4 Å². The first-order chi connectivity index (χ1) is 10.1. The molecule has 0 amide bonds. The molecule has 0 saturated carbocycles. The molecule has 0 atom stereocenters. The Bertz CT molecular complexity index is 482. The summed E-state index contributed by atoms with van der Waals surface area (Å²) in [5.41, 5.74) is 1.92. The average molecular weight is 291 g/mol. The molecule has 0 aliphatic carbocycles. The van der Waals surface area contributed by atoms with E-state index in [1.165, 1.54) is 13.0 Å². The molecule has 1 aromatic rings. The maximum atomic E-state index is 11.0. The van der Waals surface area contributed by atoms with Gasteiger partial charge in [0.25, 0.3) is 5.69 Å². The molecule has 1 heterocycles. The fraction of sp³-hybridized carbons (Fsp3) is 0.625. The van der Waals surface area contributed by atoms with Crippen LogP contribution >= 0.6 is 0 Å².